The van der Waals surface area contributed by atoms with Crippen molar-refractivity contribution in [2.75, 3.05) is 18.0 Å². The lowest BCUT2D eigenvalue weighted by atomic mass is 10.1. The molecule has 168 valence electrons. The normalized spacial score (nSPS) is 19.9. The summed E-state index contributed by atoms with van der Waals surface area (Å²) in [5.74, 6) is 0.0327. The SMILES string of the molecule is O=C(Cc1ccccc1)NC[C@@H]1CC[C@@H]2CN(C(=O)c3cccnc3)c3ccccc3CN21. The van der Waals surface area contributed by atoms with Crippen LogP contribution in [0.15, 0.2) is 79.1 Å². The van der Waals surface area contributed by atoms with Crippen LogP contribution in [0.4, 0.5) is 5.69 Å². The van der Waals surface area contributed by atoms with Crippen LogP contribution in [0.5, 0.6) is 0 Å². The van der Waals surface area contributed by atoms with Crippen LogP contribution in [0.3, 0.4) is 0 Å². The van der Waals surface area contributed by atoms with Crippen molar-refractivity contribution in [2.24, 2.45) is 0 Å². The molecule has 6 heteroatoms. The molecule has 1 saturated heterocycles. The molecule has 0 bridgehead atoms. The number of anilines is 1. The molecular weight excluding hydrogens is 412 g/mol. The molecule has 2 amide bonds. The Morgan fingerprint density at radius 2 is 1.79 bits per heavy atom. The van der Waals surface area contributed by atoms with Crippen LogP contribution in [0, 0.1) is 0 Å². The smallest absolute Gasteiger partial charge is 0.259 e. The third-order valence-electron chi connectivity index (χ3n) is 6.70. The Hall–Kier alpha value is -3.51. The molecule has 0 radical (unpaired) electrons. The maximum atomic E-state index is 13.4. The number of nitrogens with zero attached hydrogens (tertiary/aromatic N) is 3. The second-order valence-corrected chi connectivity index (χ2v) is 8.81. The lowest BCUT2D eigenvalue weighted by molar-refractivity contribution is -0.120. The number of hydrogen-bond acceptors (Lipinski definition) is 4. The lowest BCUT2D eigenvalue weighted by Crippen LogP contribution is -2.46. The first-order chi connectivity index (χ1) is 16.2. The number of hydrogen-bond donors (Lipinski definition) is 1. The molecule has 2 aromatic carbocycles. The monoisotopic (exact) mass is 440 g/mol. The summed E-state index contributed by atoms with van der Waals surface area (Å²) in [5.41, 5.74) is 3.73. The second-order valence-electron chi connectivity index (χ2n) is 8.81. The van der Waals surface area contributed by atoms with Gasteiger partial charge in [0.2, 0.25) is 5.91 Å². The Bertz CT molecular complexity index is 1120. The topological polar surface area (TPSA) is 65.5 Å². The van der Waals surface area contributed by atoms with E-state index in [1.807, 2.05) is 59.5 Å². The standard InChI is InChI=1S/C27H28N4O2/c32-26(15-20-7-2-1-3-8-20)29-17-23-12-13-24-19-31(27(33)21-10-6-14-28-16-21)25-11-5-4-9-22(25)18-30(23)24/h1-11,14,16,23-24H,12-13,15,17-19H2,(H,29,32)/t23-,24+/m0/s1. The Morgan fingerprint density at radius 1 is 0.970 bits per heavy atom. The van der Waals surface area contributed by atoms with Crippen molar-refractivity contribution >= 4 is 17.5 Å². The molecule has 1 N–H and O–H groups in total. The molecule has 2 aliphatic heterocycles. The molecular formula is C27H28N4O2. The highest BCUT2D eigenvalue weighted by Gasteiger charge is 2.39. The fourth-order valence-electron chi connectivity index (χ4n) is 5.01. The van der Waals surface area contributed by atoms with Gasteiger partial charge in [0, 0.05) is 49.8 Å². The Morgan fingerprint density at radius 3 is 2.61 bits per heavy atom. The third kappa shape index (κ3) is 4.66. The molecule has 2 aliphatic rings. The molecule has 0 aliphatic carbocycles. The third-order valence-corrected chi connectivity index (χ3v) is 6.70. The van der Waals surface area contributed by atoms with E-state index < -0.39 is 0 Å². The van der Waals surface area contributed by atoms with Crippen molar-refractivity contribution in [2.45, 2.75) is 37.9 Å². The number of amides is 2. The highest BCUT2D eigenvalue weighted by molar-refractivity contribution is 6.06. The first-order valence-electron chi connectivity index (χ1n) is 11.5. The largest absolute Gasteiger partial charge is 0.354 e. The first kappa shape index (κ1) is 21.3. The van der Waals surface area contributed by atoms with Crippen molar-refractivity contribution in [1.82, 2.24) is 15.2 Å². The van der Waals surface area contributed by atoms with Crippen LogP contribution in [-0.2, 0) is 17.8 Å². The number of pyridine rings is 1. The van der Waals surface area contributed by atoms with E-state index in [-0.39, 0.29) is 23.9 Å². The molecule has 1 aromatic heterocycles. The molecule has 3 aromatic rings. The summed E-state index contributed by atoms with van der Waals surface area (Å²) in [6.45, 7) is 2.04. The highest BCUT2D eigenvalue weighted by Crippen LogP contribution is 2.35. The second kappa shape index (κ2) is 9.55. The summed E-state index contributed by atoms with van der Waals surface area (Å²) in [4.78, 5) is 34.4. The van der Waals surface area contributed by atoms with Crippen molar-refractivity contribution < 1.29 is 9.59 Å². The maximum absolute atomic E-state index is 13.4. The zero-order chi connectivity index (χ0) is 22.6. The van der Waals surface area contributed by atoms with Crippen molar-refractivity contribution in [3.63, 3.8) is 0 Å². The van der Waals surface area contributed by atoms with E-state index in [1.165, 1.54) is 0 Å². The van der Waals surface area contributed by atoms with Crippen molar-refractivity contribution in [3.8, 4) is 0 Å². The summed E-state index contributed by atoms with van der Waals surface area (Å²) in [5, 5.41) is 3.14. The Kier molecular flexibility index (Phi) is 6.17. The summed E-state index contributed by atoms with van der Waals surface area (Å²) in [6, 6.07) is 22.1. The Balaban J connectivity index is 1.31. The minimum atomic E-state index is -0.0167. The van der Waals surface area contributed by atoms with E-state index >= 15 is 0 Å². The minimum absolute atomic E-state index is 0.0167. The zero-order valence-corrected chi connectivity index (χ0v) is 18.6. The number of rotatable bonds is 5. The number of aromatic nitrogens is 1. The zero-order valence-electron chi connectivity index (χ0n) is 18.6. The van der Waals surface area contributed by atoms with Gasteiger partial charge >= 0.3 is 0 Å². The van der Waals surface area contributed by atoms with Gasteiger partial charge in [-0.05, 0) is 42.2 Å². The fraction of sp³-hybridized carbons (Fsp3) is 0.296. The van der Waals surface area contributed by atoms with Gasteiger partial charge in [0.05, 0.1) is 12.0 Å². The molecule has 0 spiro atoms. The molecule has 0 saturated carbocycles. The predicted octanol–water partition coefficient (Wildman–Crippen LogP) is 3.43. The van der Waals surface area contributed by atoms with Gasteiger partial charge in [0.15, 0.2) is 0 Å². The number of carbonyl (C=O) groups excluding carboxylic acids is 2. The van der Waals surface area contributed by atoms with Crippen LogP contribution in [0.25, 0.3) is 0 Å². The van der Waals surface area contributed by atoms with Crippen molar-refractivity contribution in [3.05, 3.63) is 95.8 Å². The van der Waals surface area contributed by atoms with Gasteiger partial charge in [-0.3, -0.25) is 19.5 Å². The van der Waals surface area contributed by atoms with Gasteiger partial charge in [-0.15, -0.1) is 0 Å². The quantitative estimate of drug-likeness (QED) is 0.660. The van der Waals surface area contributed by atoms with Crippen LogP contribution < -0.4 is 10.2 Å². The number of nitrogens with one attached hydrogen (secondary N) is 1. The van der Waals surface area contributed by atoms with E-state index in [0.29, 0.717) is 25.1 Å². The summed E-state index contributed by atoms with van der Waals surface area (Å²) in [6.07, 6.45) is 5.72. The van der Waals surface area contributed by atoms with E-state index in [4.69, 9.17) is 0 Å². The molecule has 33 heavy (non-hydrogen) atoms. The van der Waals surface area contributed by atoms with Crippen LogP contribution in [0.1, 0.15) is 34.3 Å². The van der Waals surface area contributed by atoms with Gasteiger partial charge in [0.1, 0.15) is 0 Å². The molecule has 1 fully saturated rings. The fourth-order valence-corrected chi connectivity index (χ4v) is 5.01. The molecule has 6 nitrogen and oxygen atoms in total. The minimum Gasteiger partial charge on any atom is -0.354 e. The molecule has 0 unspecified atom stereocenters. The van der Waals surface area contributed by atoms with Gasteiger partial charge in [0.25, 0.3) is 5.91 Å². The van der Waals surface area contributed by atoms with Crippen LogP contribution in [0.2, 0.25) is 0 Å². The Labute approximate surface area is 194 Å². The average Bonchev–Trinajstić information content (AvgIpc) is 3.15. The maximum Gasteiger partial charge on any atom is 0.259 e. The van der Waals surface area contributed by atoms with Gasteiger partial charge in [-0.1, -0.05) is 48.5 Å². The molecule has 5 rings (SSSR count). The van der Waals surface area contributed by atoms with Gasteiger partial charge in [-0.2, -0.15) is 0 Å². The summed E-state index contributed by atoms with van der Waals surface area (Å²) < 4.78 is 0. The van der Waals surface area contributed by atoms with Crippen LogP contribution >= 0.6 is 0 Å². The van der Waals surface area contributed by atoms with Gasteiger partial charge < -0.3 is 10.2 Å². The van der Waals surface area contributed by atoms with E-state index in [0.717, 1.165) is 36.2 Å². The van der Waals surface area contributed by atoms with E-state index in [1.54, 1.807) is 18.5 Å². The summed E-state index contributed by atoms with van der Waals surface area (Å²) in [7, 11) is 0. The van der Waals surface area contributed by atoms with Crippen LogP contribution in [-0.4, -0.2) is 46.9 Å². The van der Waals surface area contributed by atoms with Gasteiger partial charge in [-0.25, -0.2) is 0 Å². The predicted molar refractivity (Wildman–Crippen MR) is 128 cm³/mol. The van der Waals surface area contributed by atoms with Crippen molar-refractivity contribution in [1.29, 1.82) is 0 Å². The lowest BCUT2D eigenvalue weighted by Gasteiger charge is -2.29. The average molecular weight is 441 g/mol. The van der Waals surface area contributed by atoms with E-state index in [2.05, 4.69) is 21.3 Å². The number of benzene rings is 2. The summed E-state index contributed by atoms with van der Waals surface area (Å²) >= 11 is 0. The number of carbonyl (C=O) groups is 2. The number of fused-ring (bicyclic) bond motifs is 2. The molecule has 3 heterocycles. The van der Waals surface area contributed by atoms with E-state index in [9.17, 15) is 9.59 Å². The first-order valence-corrected chi connectivity index (χ1v) is 11.5. The number of para-hydroxylation sites is 1. The highest BCUT2D eigenvalue weighted by atomic mass is 16.2. The molecule has 2 atom stereocenters.